The zero-order chi connectivity index (χ0) is 16.9. The molecule has 0 aliphatic heterocycles. The summed E-state index contributed by atoms with van der Waals surface area (Å²) in [5.41, 5.74) is 1.10. The molecule has 3 rings (SSSR count). The zero-order valence-electron chi connectivity index (χ0n) is 13.8. The molecule has 1 aromatic carbocycles. The van der Waals surface area contributed by atoms with Crippen LogP contribution in [-0.2, 0) is 20.7 Å². The molecule has 2 saturated carbocycles. The first kappa shape index (κ1) is 17.3. The number of ether oxygens (including phenoxy) is 1. The van der Waals surface area contributed by atoms with E-state index in [2.05, 4.69) is 5.32 Å². The van der Waals surface area contributed by atoms with Gasteiger partial charge in [-0.1, -0.05) is 30.2 Å². The van der Waals surface area contributed by atoms with Gasteiger partial charge < -0.3 is 10.1 Å². The van der Waals surface area contributed by atoms with E-state index in [0.717, 1.165) is 24.3 Å². The maximum absolute atomic E-state index is 11.9. The molecule has 130 valence electrons. The molecule has 2 fully saturated rings. The molecule has 1 aromatic rings. The van der Waals surface area contributed by atoms with Gasteiger partial charge in [0.25, 0.3) is 5.91 Å². The van der Waals surface area contributed by atoms with Crippen LogP contribution in [0.4, 0.5) is 0 Å². The van der Waals surface area contributed by atoms with Crippen LogP contribution in [-0.4, -0.2) is 25.0 Å². The summed E-state index contributed by atoms with van der Waals surface area (Å²) in [7, 11) is 0. The lowest BCUT2D eigenvalue weighted by atomic mass is 9.86. The molecule has 0 saturated heterocycles. The van der Waals surface area contributed by atoms with Gasteiger partial charge in [-0.15, -0.1) is 0 Å². The van der Waals surface area contributed by atoms with E-state index in [9.17, 15) is 9.59 Å². The highest BCUT2D eigenvalue weighted by Gasteiger charge is 2.40. The minimum absolute atomic E-state index is 0.180. The molecule has 4 nitrogen and oxygen atoms in total. The van der Waals surface area contributed by atoms with E-state index in [-0.39, 0.29) is 18.5 Å². The predicted octanol–water partition coefficient (Wildman–Crippen LogP) is 3.37. The number of hydrogen-bond acceptors (Lipinski definition) is 3. The smallest absolute Gasteiger partial charge is 0.306 e. The van der Waals surface area contributed by atoms with Crippen molar-refractivity contribution >= 4 is 23.5 Å². The second-order valence-electron chi connectivity index (χ2n) is 7.03. The molecular formula is C19H24ClNO3. The SMILES string of the molecule is O=C(COC(=O)C[C@H]1C[C@H]2CC[C@@H]1C2)NCCc1ccc(Cl)cc1. The molecular weight excluding hydrogens is 326 g/mol. The van der Waals surface area contributed by atoms with Crippen LogP contribution in [0.2, 0.25) is 5.02 Å². The fourth-order valence-corrected chi connectivity index (χ4v) is 4.22. The first-order valence-corrected chi connectivity index (χ1v) is 9.14. The van der Waals surface area contributed by atoms with Crippen LogP contribution in [0.3, 0.4) is 0 Å². The molecule has 2 aliphatic carbocycles. The molecule has 0 unspecified atom stereocenters. The Morgan fingerprint density at radius 3 is 2.62 bits per heavy atom. The zero-order valence-corrected chi connectivity index (χ0v) is 14.6. The van der Waals surface area contributed by atoms with E-state index < -0.39 is 0 Å². The van der Waals surface area contributed by atoms with Crippen molar-refractivity contribution < 1.29 is 14.3 Å². The average Bonchev–Trinajstić information content (AvgIpc) is 3.18. The first-order chi connectivity index (χ1) is 11.6. The lowest BCUT2D eigenvalue weighted by Crippen LogP contribution is -2.31. The highest BCUT2D eigenvalue weighted by Crippen LogP contribution is 2.49. The Labute approximate surface area is 147 Å². The number of esters is 1. The summed E-state index contributed by atoms with van der Waals surface area (Å²) in [5, 5.41) is 3.47. The first-order valence-electron chi connectivity index (χ1n) is 8.77. The van der Waals surface area contributed by atoms with Crippen molar-refractivity contribution in [2.24, 2.45) is 17.8 Å². The lowest BCUT2D eigenvalue weighted by molar-refractivity contribution is -0.149. The minimum atomic E-state index is -0.245. The molecule has 1 N–H and O–H groups in total. The number of amides is 1. The topological polar surface area (TPSA) is 55.4 Å². The Balaban J connectivity index is 1.29. The molecule has 5 heteroatoms. The number of fused-ring (bicyclic) bond motifs is 2. The number of rotatable bonds is 7. The second-order valence-corrected chi connectivity index (χ2v) is 7.46. The summed E-state index contributed by atoms with van der Waals surface area (Å²) in [5.74, 6) is 1.52. The second kappa shape index (κ2) is 8.02. The van der Waals surface area contributed by atoms with Crippen molar-refractivity contribution in [1.82, 2.24) is 5.32 Å². The van der Waals surface area contributed by atoms with Crippen LogP contribution in [0.1, 0.15) is 37.7 Å². The number of benzene rings is 1. The normalized spacial score (nSPS) is 24.8. The van der Waals surface area contributed by atoms with Crippen LogP contribution in [0, 0.1) is 17.8 Å². The van der Waals surface area contributed by atoms with Gasteiger partial charge in [0.05, 0.1) is 0 Å². The highest BCUT2D eigenvalue weighted by molar-refractivity contribution is 6.30. The Morgan fingerprint density at radius 2 is 1.96 bits per heavy atom. The Bertz CT molecular complexity index is 587. The van der Waals surface area contributed by atoms with Crippen LogP contribution in [0.5, 0.6) is 0 Å². The Kier molecular flexibility index (Phi) is 5.77. The summed E-state index contributed by atoms with van der Waals surface area (Å²) in [6.45, 7) is 0.338. The van der Waals surface area contributed by atoms with Crippen molar-refractivity contribution in [2.75, 3.05) is 13.2 Å². The monoisotopic (exact) mass is 349 g/mol. The molecule has 0 aromatic heterocycles. The van der Waals surface area contributed by atoms with Crippen LogP contribution >= 0.6 is 11.6 Å². The Hall–Kier alpha value is -1.55. The highest BCUT2D eigenvalue weighted by atomic mass is 35.5. The van der Waals surface area contributed by atoms with E-state index in [4.69, 9.17) is 16.3 Å². The number of halogens is 1. The summed E-state index contributed by atoms with van der Waals surface area (Å²) in [6, 6.07) is 7.53. The third kappa shape index (κ3) is 4.73. The fourth-order valence-electron chi connectivity index (χ4n) is 4.09. The fraction of sp³-hybridized carbons (Fsp3) is 0.579. The van der Waals surface area contributed by atoms with Gasteiger partial charge in [0.15, 0.2) is 6.61 Å². The van der Waals surface area contributed by atoms with Gasteiger partial charge in [0.1, 0.15) is 0 Å². The van der Waals surface area contributed by atoms with E-state index in [1.54, 1.807) is 0 Å². The molecule has 2 aliphatic rings. The van der Waals surface area contributed by atoms with Crippen molar-refractivity contribution in [3.05, 3.63) is 34.9 Å². The molecule has 0 spiro atoms. The minimum Gasteiger partial charge on any atom is -0.456 e. The summed E-state index contributed by atoms with van der Waals surface area (Å²) < 4.78 is 5.12. The number of carbonyl (C=O) groups is 2. The maximum atomic E-state index is 11.9. The van der Waals surface area contributed by atoms with E-state index in [1.807, 2.05) is 24.3 Å². The van der Waals surface area contributed by atoms with Gasteiger partial charge in [-0.05, 0) is 61.1 Å². The van der Waals surface area contributed by atoms with Gasteiger partial charge in [0, 0.05) is 18.0 Å². The third-order valence-electron chi connectivity index (χ3n) is 5.33. The molecule has 1 amide bonds. The molecule has 2 bridgehead atoms. The van der Waals surface area contributed by atoms with E-state index >= 15 is 0 Å². The molecule has 3 atom stereocenters. The van der Waals surface area contributed by atoms with Crippen molar-refractivity contribution in [3.63, 3.8) is 0 Å². The average molecular weight is 350 g/mol. The number of hydrogen-bond donors (Lipinski definition) is 1. The van der Waals surface area contributed by atoms with E-state index in [0.29, 0.717) is 29.8 Å². The van der Waals surface area contributed by atoms with Crippen molar-refractivity contribution in [2.45, 2.75) is 38.5 Å². The lowest BCUT2D eigenvalue weighted by Gasteiger charge is -2.20. The number of nitrogens with one attached hydrogen (secondary N) is 1. The molecule has 24 heavy (non-hydrogen) atoms. The standard InChI is InChI=1S/C19H24ClNO3/c20-17-5-2-13(3-6-17)7-8-21-18(22)12-24-19(23)11-16-10-14-1-4-15(16)9-14/h2-3,5-6,14-16H,1,4,7-12H2,(H,21,22)/t14-,15+,16+/m0/s1. The summed E-state index contributed by atoms with van der Waals surface area (Å²) in [4.78, 5) is 23.6. The third-order valence-corrected chi connectivity index (χ3v) is 5.58. The van der Waals surface area contributed by atoms with Gasteiger partial charge in [0.2, 0.25) is 0 Å². The van der Waals surface area contributed by atoms with Gasteiger partial charge in [-0.2, -0.15) is 0 Å². The van der Waals surface area contributed by atoms with Crippen LogP contribution in [0.25, 0.3) is 0 Å². The van der Waals surface area contributed by atoms with Crippen LogP contribution < -0.4 is 5.32 Å². The van der Waals surface area contributed by atoms with Crippen molar-refractivity contribution in [1.29, 1.82) is 0 Å². The van der Waals surface area contributed by atoms with E-state index in [1.165, 1.54) is 19.3 Å². The van der Waals surface area contributed by atoms with Gasteiger partial charge >= 0.3 is 5.97 Å². The predicted molar refractivity (Wildman–Crippen MR) is 92.7 cm³/mol. The Morgan fingerprint density at radius 1 is 1.17 bits per heavy atom. The van der Waals surface area contributed by atoms with Gasteiger partial charge in [-0.3, -0.25) is 9.59 Å². The number of carbonyl (C=O) groups excluding carboxylic acids is 2. The molecule has 0 radical (unpaired) electrons. The summed E-state index contributed by atoms with van der Waals surface area (Å²) >= 11 is 5.83. The quantitative estimate of drug-likeness (QED) is 0.768. The maximum Gasteiger partial charge on any atom is 0.306 e. The van der Waals surface area contributed by atoms with Crippen LogP contribution in [0.15, 0.2) is 24.3 Å². The van der Waals surface area contributed by atoms with Gasteiger partial charge in [-0.25, -0.2) is 0 Å². The largest absolute Gasteiger partial charge is 0.456 e. The summed E-state index contributed by atoms with van der Waals surface area (Å²) in [6.07, 6.45) is 6.22. The van der Waals surface area contributed by atoms with Crippen molar-refractivity contribution in [3.8, 4) is 0 Å². The molecule has 0 heterocycles.